The van der Waals surface area contributed by atoms with Crippen molar-refractivity contribution in [3.63, 3.8) is 0 Å². The van der Waals surface area contributed by atoms with Crippen molar-refractivity contribution in [3.8, 4) is 0 Å². The highest BCUT2D eigenvalue weighted by Gasteiger charge is 2.07. The van der Waals surface area contributed by atoms with Crippen LogP contribution in [0.15, 0.2) is 59.5 Å². The van der Waals surface area contributed by atoms with Crippen molar-refractivity contribution in [2.45, 2.75) is 26.7 Å². The number of nitrogens with one attached hydrogen (secondary N) is 2. The second-order valence-electron chi connectivity index (χ2n) is 6.79. The third kappa shape index (κ3) is 3.74. The highest BCUT2D eigenvalue weighted by molar-refractivity contribution is 5.78. The first kappa shape index (κ1) is 17.0. The van der Waals surface area contributed by atoms with E-state index in [0.717, 1.165) is 33.9 Å². The molecule has 4 rings (SSSR count). The summed E-state index contributed by atoms with van der Waals surface area (Å²) in [5, 5.41) is 6.59. The molecule has 0 amide bonds. The average molecular weight is 359 g/mol. The number of fused-ring (bicyclic) bond motifs is 1. The van der Waals surface area contributed by atoms with Gasteiger partial charge in [0.1, 0.15) is 11.3 Å². The van der Waals surface area contributed by atoms with Gasteiger partial charge < -0.3 is 15.1 Å². The Morgan fingerprint density at radius 2 is 1.70 bits per heavy atom. The van der Waals surface area contributed by atoms with Gasteiger partial charge in [-0.15, -0.1) is 0 Å². The topological polar surface area (TPSA) is 75.9 Å². The molecule has 2 aromatic heterocycles. The zero-order valence-electron chi connectivity index (χ0n) is 15.5. The lowest BCUT2D eigenvalue weighted by atomic mass is 10.0. The van der Waals surface area contributed by atoms with Gasteiger partial charge in [0.2, 0.25) is 5.95 Å². The van der Waals surface area contributed by atoms with Crippen LogP contribution in [0.25, 0.3) is 11.1 Å². The lowest BCUT2D eigenvalue weighted by molar-refractivity contribution is 0.602. The molecule has 0 unspecified atom stereocenters. The van der Waals surface area contributed by atoms with Crippen LogP contribution in [-0.2, 0) is 0 Å². The van der Waals surface area contributed by atoms with E-state index in [4.69, 9.17) is 4.42 Å². The molecule has 0 saturated carbocycles. The van der Waals surface area contributed by atoms with Gasteiger partial charge in [-0.25, -0.2) is 9.97 Å². The van der Waals surface area contributed by atoms with Gasteiger partial charge >= 0.3 is 0 Å². The minimum atomic E-state index is 0.507. The van der Waals surface area contributed by atoms with Crippen LogP contribution >= 0.6 is 0 Å². The molecule has 2 aromatic carbocycles. The highest BCUT2D eigenvalue weighted by Crippen LogP contribution is 2.24. The third-order valence-electron chi connectivity index (χ3n) is 4.40. The summed E-state index contributed by atoms with van der Waals surface area (Å²) in [7, 11) is 0. The number of oxazole rings is 1. The lowest BCUT2D eigenvalue weighted by Crippen LogP contribution is -2.03. The van der Waals surface area contributed by atoms with E-state index < -0.39 is 0 Å². The number of hydrogen-bond acceptors (Lipinski definition) is 6. The molecule has 2 N–H and O–H groups in total. The van der Waals surface area contributed by atoms with Gasteiger partial charge in [0.15, 0.2) is 12.0 Å². The number of aromatic nitrogens is 3. The smallest absolute Gasteiger partial charge is 0.229 e. The zero-order chi connectivity index (χ0) is 18.8. The second-order valence-corrected chi connectivity index (χ2v) is 6.79. The highest BCUT2D eigenvalue weighted by atomic mass is 16.3. The Morgan fingerprint density at radius 3 is 2.48 bits per heavy atom. The van der Waals surface area contributed by atoms with E-state index in [-0.39, 0.29) is 0 Å². The van der Waals surface area contributed by atoms with Gasteiger partial charge in [-0.05, 0) is 48.7 Å². The Morgan fingerprint density at radius 1 is 0.926 bits per heavy atom. The van der Waals surface area contributed by atoms with Crippen LogP contribution in [0, 0.1) is 6.92 Å². The summed E-state index contributed by atoms with van der Waals surface area (Å²) in [5.74, 6) is 1.80. The Labute approximate surface area is 157 Å². The fraction of sp³-hybridized carbons (Fsp3) is 0.190. The molecule has 27 heavy (non-hydrogen) atoms. The van der Waals surface area contributed by atoms with E-state index in [9.17, 15) is 0 Å². The summed E-state index contributed by atoms with van der Waals surface area (Å²) in [6.07, 6.45) is 3.24. The Kier molecular flexibility index (Phi) is 4.46. The number of rotatable bonds is 5. The van der Waals surface area contributed by atoms with Crippen molar-refractivity contribution in [2.24, 2.45) is 0 Å². The zero-order valence-corrected chi connectivity index (χ0v) is 15.5. The van der Waals surface area contributed by atoms with Crippen LogP contribution in [0.3, 0.4) is 0 Å². The van der Waals surface area contributed by atoms with Crippen molar-refractivity contribution in [1.82, 2.24) is 15.0 Å². The summed E-state index contributed by atoms with van der Waals surface area (Å²) in [5.41, 5.74) is 5.66. The van der Waals surface area contributed by atoms with Crippen molar-refractivity contribution < 1.29 is 4.42 Å². The fourth-order valence-corrected chi connectivity index (χ4v) is 2.78. The first-order valence-corrected chi connectivity index (χ1v) is 8.89. The summed E-state index contributed by atoms with van der Waals surface area (Å²) in [6.45, 7) is 6.33. The van der Waals surface area contributed by atoms with E-state index in [1.807, 2.05) is 37.3 Å². The first-order valence-electron chi connectivity index (χ1n) is 8.89. The van der Waals surface area contributed by atoms with Gasteiger partial charge in [-0.2, -0.15) is 4.98 Å². The SMILES string of the molecule is Cc1cnc(Nc2ccc(C(C)C)cc2)nc1Nc1ccc2ocnc2c1. The fourth-order valence-electron chi connectivity index (χ4n) is 2.78. The van der Waals surface area contributed by atoms with Crippen LogP contribution in [0.1, 0.15) is 30.9 Å². The monoisotopic (exact) mass is 359 g/mol. The van der Waals surface area contributed by atoms with Crippen LogP contribution in [0.4, 0.5) is 23.1 Å². The van der Waals surface area contributed by atoms with E-state index >= 15 is 0 Å². The molecule has 0 aliphatic carbocycles. The molecular weight excluding hydrogens is 338 g/mol. The minimum Gasteiger partial charge on any atom is -0.443 e. The van der Waals surface area contributed by atoms with Crippen LogP contribution < -0.4 is 10.6 Å². The number of anilines is 4. The van der Waals surface area contributed by atoms with Crippen LogP contribution in [-0.4, -0.2) is 15.0 Å². The number of nitrogens with zero attached hydrogens (tertiary/aromatic N) is 3. The maximum Gasteiger partial charge on any atom is 0.229 e. The Balaban J connectivity index is 1.55. The van der Waals surface area contributed by atoms with E-state index in [0.29, 0.717) is 11.9 Å². The van der Waals surface area contributed by atoms with Gasteiger partial charge in [-0.3, -0.25) is 0 Å². The summed E-state index contributed by atoms with van der Waals surface area (Å²) < 4.78 is 5.28. The van der Waals surface area contributed by atoms with E-state index in [2.05, 4.69) is 51.6 Å². The largest absolute Gasteiger partial charge is 0.443 e. The van der Waals surface area contributed by atoms with Crippen molar-refractivity contribution in [2.75, 3.05) is 10.6 Å². The standard InChI is InChI=1S/C21H21N5O/c1-13(2)15-4-6-16(7-5-15)25-21-22-11-14(3)20(26-21)24-17-8-9-19-18(10-17)23-12-27-19/h4-13H,1-3H3,(H2,22,24,25,26). The number of aryl methyl sites for hydroxylation is 1. The van der Waals surface area contributed by atoms with Gasteiger partial charge in [-0.1, -0.05) is 26.0 Å². The molecule has 0 aliphatic rings. The molecule has 0 saturated heterocycles. The summed E-state index contributed by atoms with van der Waals surface area (Å²) in [6, 6.07) is 14.1. The minimum absolute atomic E-state index is 0.507. The maximum absolute atomic E-state index is 5.28. The quantitative estimate of drug-likeness (QED) is 0.487. The van der Waals surface area contributed by atoms with Crippen molar-refractivity contribution in [3.05, 3.63) is 66.2 Å². The Bertz CT molecular complexity index is 1070. The van der Waals surface area contributed by atoms with E-state index in [1.165, 1.54) is 12.0 Å². The summed E-state index contributed by atoms with van der Waals surface area (Å²) >= 11 is 0. The molecule has 0 atom stereocenters. The predicted octanol–water partition coefficient (Wildman–Crippen LogP) is 5.54. The maximum atomic E-state index is 5.28. The molecule has 0 aliphatic heterocycles. The third-order valence-corrected chi connectivity index (χ3v) is 4.40. The number of hydrogen-bond donors (Lipinski definition) is 2. The Hall–Kier alpha value is -3.41. The molecule has 2 heterocycles. The molecule has 0 fully saturated rings. The predicted molar refractivity (Wildman–Crippen MR) is 108 cm³/mol. The molecule has 0 bridgehead atoms. The molecule has 0 radical (unpaired) electrons. The normalized spacial score (nSPS) is 11.1. The van der Waals surface area contributed by atoms with Crippen LogP contribution in [0.5, 0.6) is 0 Å². The lowest BCUT2D eigenvalue weighted by Gasteiger charge is -2.12. The molecule has 6 nitrogen and oxygen atoms in total. The van der Waals surface area contributed by atoms with Gasteiger partial charge in [0, 0.05) is 23.1 Å². The molecule has 136 valence electrons. The first-order chi connectivity index (χ1) is 13.1. The summed E-state index contributed by atoms with van der Waals surface area (Å²) in [4.78, 5) is 13.2. The molecular formula is C21H21N5O. The average Bonchev–Trinajstić information content (AvgIpc) is 3.13. The number of benzene rings is 2. The second kappa shape index (κ2) is 7.07. The van der Waals surface area contributed by atoms with Crippen molar-refractivity contribution in [1.29, 1.82) is 0 Å². The molecule has 6 heteroatoms. The van der Waals surface area contributed by atoms with Gasteiger partial charge in [0.25, 0.3) is 0 Å². The van der Waals surface area contributed by atoms with Crippen molar-refractivity contribution >= 4 is 34.2 Å². The molecule has 4 aromatic rings. The van der Waals surface area contributed by atoms with Gasteiger partial charge in [0.05, 0.1) is 0 Å². The van der Waals surface area contributed by atoms with E-state index in [1.54, 1.807) is 6.20 Å². The molecule has 0 spiro atoms. The van der Waals surface area contributed by atoms with Crippen LogP contribution in [0.2, 0.25) is 0 Å².